The molecule has 0 spiro atoms. The predicted octanol–water partition coefficient (Wildman–Crippen LogP) is 2.00. The van der Waals surface area contributed by atoms with E-state index in [-0.39, 0.29) is 0 Å². The molecule has 1 saturated heterocycles. The van der Waals surface area contributed by atoms with E-state index in [9.17, 15) is 0 Å². The Hall–Kier alpha value is -0.160. The monoisotopic (exact) mass is 286 g/mol. The molecule has 1 aliphatic rings. The molecule has 0 aromatic heterocycles. The van der Waals surface area contributed by atoms with Crippen LogP contribution in [0.5, 0.6) is 0 Å². The van der Waals surface area contributed by atoms with E-state index in [1.807, 2.05) is 0 Å². The van der Waals surface area contributed by atoms with Crippen molar-refractivity contribution < 1.29 is 9.47 Å². The van der Waals surface area contributed by atoms with Crippen LogP contribution in [0.15, 0.2) is 0 Å². The van der Waals surface area contributed by atoms with Gasteiger partial charge in [0, 0.05) is 32.8 Å². The van der Waals surface area contributed by atoms with Crippen molar-refractivity contribution in [3.05, 3.63) is 0 Å². The molecule has 4 heteroatoms. The molecule has 0 aromatic carbocycles. The van der Waals surface area contributed by atoms with Crippen molar-refractivity contribution in [2.45, 2.75) is 40.2 Å². The third kappa shape index (κ3) is 8.90. The van der Waals surface area contributed by atoms with Crippen molar-refractivity contribution in [2.24, 2.45) is 11.8 Å². The molecule has 20 heavy (non-hydrogen) atoms. The Kier molecular flexibility index (Phi) is 9.44. The van der Waals surface area contributed by atoms with Gasteiger partial charge in [0.05, 0.1) is 19.3 Å². The number of nitrogens with zero attached hydrogens (tertiary/aromatic N) is 1. The number of hydrogen-bond donors (Lipinski definition) is 1. The Morgan fingerprint density at radius 1 is 1.20 bits per heavy atom. The second-order valence-electron chi connectivity index (χ2n) is 6.64. The third-order valence-electron chi connectivity index (χ3n) is 3.54. The van der Waals surface area contributed by atoms with Crippen LogP contribution >= 0.6 is 0 Å². The fourth-order valence-electron chi connectivity index (χ4n) is 2.25. The third-order valence-corrected chi connectivity index (χ3v) is 3.54. The van der Waals surface area contributed by atoms with E-state index in [1.165, 1.54) is 0 Å². The Morgan fingerprint density at radius 2 is 2.00 bits per heavy atom. The van der Waals surface area contributed by atoms with E-state index in [4.69, 9.17) is 9.47 Å². The van der Waals surface area contributed by atoms with Crippen molar-refractivity contribution in [2.75, 3.05) is 52.5 Å². The van der Waals surface area contributed by atoms with Crippen LogP contribution in [0, 0.1) is 11.8 Å². The van der Waals surface area contributed by atoms with Gasteiger partial charge in [-0.3, -0.25) is 4.90 Å². The van der Waals surface area contributed by atoms with Gasteiger partial charge in [0.15, 0.2) is 0 Å². The summed E-state index contributed by atoms with van der Waals surface area (Å²) in [6, 6.07) is 0. The summed E-state index contributed by atoms with van der Waals surface area (Å²) in [5.74, 6) is 1.43. The van der Waals surface area contributed by atoms with Crippen LogP contribution in [0.4, 0.5) is 0 Å². The Bertz CT molecular complexity index is 235. The van der Waals surface area contributed by atoms with Crippen molar-refractivity contribution in [3.8, 4) is 0 Å². The molecule has 4 nitrogen and oxygen atoms in total. The van der Waals surface area contributed by atoms with Crippen LogP contribution in [0.1, 0.15) is 34.1 Å². The SMILES string of the molecule is CC(C)CCOCCN1CCOC(CNCC(C)C)C1. The Morgan fingerprint density at radius 3 is 2.70 bits per heavy atom. The molecular weight excluding hydrogens is 252 g/mol. The first-order valence-electron chi connectivity index (χ1n) is 8.20. The van der Waals surface area contributed by atoms with Crippen molar-refractivity contribution in [1.29, 1.82) is 0 Å². The van der Waals surface area contributed by atoms with Crippen LogP contribution in [0.25, 0.3) is 0 Å². The van der Waals surface area contributed by atoms with Gasteiger partial charge in [-0.15, -0.1) is 0 Å². The van der Waals surface area contributed by atoms with Gasteiger partial charge in [-0.2, -0.15) is 0 Å². The smallest absolute Gasteiger partial charge is 0.0826 e. The van der Waals surface area contributed by atoms with Gasteiger partial charge in [0.1, 0.15) is 0 Å². The molecule has 0 aromatic rings. The fourth-order valence-corrected chi connectivity index (χ4v) is 2.25. The summed E-state index contributed by atoms with van der Waals surface area (Å²) in [6.07, 6.45) is 1.49. The molecule has 1 heterocycles. The summed E-state index contributed by atoms with van der Waals surface area (Å²) in [5.41, 5.74) is 0. The Balaban J connectivity index is 2.05. The number of hydrogen-bond acceptors (Lipinski definition) is 4. The standard InChI is InChI=1S/C16H34N2O2/c1-14(2)5-8-19-9-6-18-7-10-20-16(13-18)12-17-11-15(3)4/h14-17H,5-13H2,1-4H3. The topological polar surface area (TPSA) is 33.7 Å². The molecule has 0 aliphatic carbocycles. The highest BCUT2D eigenvalue weighted by atomic mass is 16.5. The van der Waals surface area contributed by atoms with Crippen molar-refractivity contribution in [3.63, 3.8) is 0 Å². The average Bonchev–Trinajstić information content (AvgIpc) is 2.38. The molecule has 1 fully saturated rings. The van der Waals surface area contributed by atoms with Crippen LogP contribution in [-0.4, -0.2) is 63.5 Å². The zero-order chi connectivity index (χ0) is 14.8. The van der Waals surface area contributed by atoms with E-state index in [1.54, 1.807) is 0 Å². The van der Waals surface area contributed by atoms with Crippen molar-refractivity contribution >= 4 is 0 Å². The maximum absolute atomic E-state index is 5.80. The molecule has 1 aliphatic heterocycles. The van der Waals surface area contributed by atoms with Gasteiger partial charge >= 0.3 is 0 Å². The van der Waals surface area contributed by atoms with Gasteiger partial charge in [-0.25, -0.2) is 0 Å². The second kappa shape index (κ2) is 10.6. The molecule has 1 N–H and O–H groups in total. The van der Waals surface area contributed by atoms with Crippen LogP contribution in [0.3, 0.4) is 0 Å². The zero-order valence-corrected chi connectivity index (χ0v) is 13.9. The van der Waals surface area contributed by atoms with Crippen LogP contribution in [0.2, 0.25) is 0 Å². The largest absolute Gasteiger partial charge is 0.380 e. The predicted molar refractivity (Wildman–Crippen MR) is 84.2 cm³/mol. The van der Waals surface area contributed by atoms with Gasteiger partial charge < -0.3 is 14.8 Å². The summed E-state index contributed by atoms with van der Waals surface area (Å²) in [6.45, 7) is 16.6. The average molecular weight is 286 g/mol. The number of ether oxygens (including phenoxy) is 2. The van der Waals surface area contributed by atoms with E-state index in [0.717, 1.165) is 64.9 Å². The lowest BCUT2D eigenvalue weighted by Crippen LogP contribution is -2.47. The van der Waals surface area contributed by atoms with E-state index < -0.39 is 0 Å². The fraction of sp³-hybridized carbons (Fsp3) is 1.00. The lowest BCUT2D eigenvalue weighted by atomic mass is 10.1. The highest BCUT2D eigenvalue weighted by molar-refractivity contribution is 4.73. The first kappa shape index (κ1) is 17.9. The molecule has 1 rings (SSSR count). The highest BCUT2D eigenvalue weighted by Crippen LogP contribution is 2.05. The summed E-state index contributed by atoms with van der Waals surface area (Å²) in [5, 5.41) is 3.48. The molecule has 120 valence electrons. The number of rotatable bonds is 10. The molecule has 0 amide bonds. The minimum absolute atomic E-state index is 0.332. The van der Waals surface area contributed by atoms with Gasteiger partial charge in [0.2, 0.25) is 0 Å². The lowest BCUT2D eigenvalue weighted by Gasteiger charge is -2.33. The second-order valence-corrected chi connectivity index (χ2v) is 6.64. The van der Waals surface area contributed by atoms with Gasteiger partial charge in [-0.1, -0.05) is 27.7 Å². The van der Waals surface area contributed by atoms with E-state index >= 15 is 0 Å². The normalized spacial score (nSPS) is 21.0. The summed E-state index contributed by atoms with van der Waals surface area (Å²) in [4.78, 5) is 2.46. The minimum Gasteiger partial charge on any atom is -0.380 e. The summed E-state index contributed by atoms with van der Waals surface area (Å²) >= 11 is 0. The molecule has 1 unspecified atom stereocenters. The maximum atomic E-state index is 5.80. The summed E-state index contributed by atoms with van der Waals surface area (Å²) in [7, 11) is 0. The molecule has 0 radical (unpaired) electrons. The van der Waals surface area contributed by atoms with Gasteiger partial charge in [-0.05, 0) is 24.8 Å². The quantitative estimate of drug-likeness (QED) is 0.623. The first-order valence-corrected chi connectivity index (χ1v) is 8.20. The van der Waals surface area contributed by atoms with Crippen LogP contribution < -0.4 is 5.32 Å². The first-order chi connectivity index (χ1) is 9.58. The van der Waals surface area contributed by atoms with Crippen molar-refractivity contribution in [1.82, 2.24) is 10.2 Å². The molecular formula is C16H34N2O2. The zero-order valence-electron chi connectivity index (χ0n) is 13.9. The lowest BCUT2D eigenvalue weighted by molar-refractivity contribution is -0.0353. The number of nitrogens with one attached hydrogen (secondary N) is 1. The van der Waals surface area contributed by atoms with Gasteiger partial charge in [0.25, 0.3) is 0 Å². The molecule has 0 bridgehead atoms. The minimum atomic E-state index is 0.332. The molecule has 1 atom stereocenters. The van der Waals surface area contributed by atoms with Crippen LogP contribution in [-0.2, 0) is 9.47 Å². The summed E-state index contributed by atoms with van der Waals surface area (Å²) < 4.78 is 11.5. The maximum Gasteiger partial charge on any atom is 0.0826 e. The van der Waals surface area contributed by atoms with E-state index in [2.05, 4.69) is 37.9 Å². The molecule has 0 saturated carbocycles. The Labute approximate surface area is 125 Å². The number of morpholine rings is 1. The highest BCUT2D eigenvalue weighted by Gasteiger charge is 2.19. The van der Waals surface area contributed by atoms with E-state index in [0.29, 0.717) is 12.0 Å².